The van der Waals surface area contributed by atoms with E-state index in [0.29, 0.717) is 6.04 Å². The number of nitrogens with zero attached hydrogens (tertiary/aromatic N) is 2. The Bertz CT molecular complexity index is 519. The van der Waals surface area contributed by atoms with Crippen molar-refractivity contribution < 1.29 is 9.47 Å². The molecule has 0 N–H and O–H groups in total. The highest BCUT2D eigenvalue weighted by molar-refractivity contribution is 9.10. The molecule has 0 amide bonds. The van der Waals surface area contributed by atoms with Crippen LogP contribution in [-0.4, -0.2) is 37.4 Å². The Morgan fingerprint density at radius 1 is 1.40 bits per heavy atom. The average molecular weight is 341 g/mol. The van der Waals surface area contributed by atoms with Crippen molar-refractivity contribution in [2.75, 3.05) is 31.3 Å². The zero-order valence-electron chi connectivity index (χ0n) is 12.3. The molecule has 3 heterocycles. The summed E-state index contributed by atoms with van der Waals surface area (Å²) in [5.74, 6) is 1.91. The summed E-state index contributed by atoms with van der Waals surface area (Å²) in [6.45, 7) is 9.83. The molecule has 0 radical (unpaired) electrons. The van der Waals surface area contributed by atoms with E-state index in [-0.39, 0.29) is 5.41 Å². The number of hydrogen-bond acceptors (Lipinski definition) is 4. The summed E-state index contributed by atoms with van der Waals surface area (Å²) in [5, 5.41) is 0. The summed E-state index contributed by atoms with van der Waals surface area (Å²) in [4.78, 5) is 6.93. The molecule has 0 unspecified atom stereocenters. The van der Waals surface area contributed by atoms with E-state index in [2.05, 4.69) is 46.6 Å². The quantitative estimate of drug-likeness (QED) is 0.786. The molecule has 110 valence electrons. The van der Waals surface area contributed by atoms with Gasteiger partial charge in [-0.25, -0.2) is 4.98 Å². The minimum atomic E-state index is 0.111. The van der Waals surface area contributed by atoms with E-state index in [4.69, 9.17) is 9.47 Å². The van der Waals surface area contributed by atoms with E-state index in [9.17, 15) is 0 Å². The first-order chi connectivity index (χ1) is 9.50. The van der Waals surface area contributed by atoms with Crippen LogP contribution in [0, 0.1) is 0 Å². The number of anilines is 1. The lowest BCUT2D eigenvalue weighted by atomic mass is 9.80. The second-order valence-corrected chi connectivity index (χ2v) is 7.09. The highest BCUT2D eigenvalue weighted by atomic mass is 79.9. The van der Waals surface area contributed by atoms with Gasteiger partial charge in [-0.1, -0.05) is 13.8 Å². The van der Waals surface area contributed by atoms with Crippen LogP contribution >= 0.6 is 15.9 Å². The number of aromatic nitrogens is 1. The second-order valence-electron chi connectivity index (χ2n) is 6.23. The third-order valence-corrected chi connectivity index (χ3v) is 4.86. The number of fused-ring (bicyclic) bond motifs is 1. The van der Waals surface area contributed by atoms with Crippen molar-refractivity contribution in [1.82, 2.24) is 4.98 Å². The van der Waals surface area contributed by atoms with Gasteiger partial charge in [-0.05, 0) is 34.7 Å². The first kappa shape index (κ1) is 14.1. The third kappa shape index (κ3) is 2.31. The summed E-state index contributed by atoms with van der Waals surface area (Å²) in [7, 11) is 0. The number of halogens is 1. The molecule has 4 nitrogen and oxygen atoms in total. The van der Waals surface area contributed by atoms with E-state index < -0.39 is 0 Å². The van der Waals surface area contributed by atoms with E-state index in [1.54, 1.807) is 0 Å². The largest absolute Gasteiger partial charge is 0.489 e. The van der Waals surface area contributed by atoms with Gasteiger partial charge in [0, 0.05) is 22.8 Å². The van der Waals surface area contributed by atoms with Crippen molar-refractivity contribution in [1.29, 1.82) is 0 Å². The molecule has 0 saturated carbocycles. The van der Waals surface area contributed by atoms with Gasteiger partial charge in [-0.2, -0.15) is 0 Å². The third-order valence-electron chi connectivity index (χ3n) is 4.26. The molecular weight excluding hydrogens is 320 g/mol. The molecular formula is C15H21BrN2O2. The van der Waals surface area contributed by atoms with Crippen LogP contribution in [-0.2, 0) is 10.2 Å². The highest BCUT2D eigenvalue weighted by Crippen LogP contribution is 2.46. The Morgan fingerprint density at radius 2 is 2.20 bits per heavy atom. The fourth-order valence-electron chi connectivity index (χ4n) is 3.01. The van der Waals surface area contributed by atoms with Gasteiger partial charge in [0.1, 0.15) is 0 Å². The SMILES string of the molecule is C[C@H]1COCCN1c1ncc(Br)c2c1OCCC2(C)C. The first-order valence-corrected chi connectivity index (χ1v) is 7.96. The molecule has 0 spiro atoms. The molecule has 0 aliphatic carbocycles. The Kier molecular flexibility index (Phi) is 3.67. The molecule has 3 rings (SSSR count). The monoisotopic (exact) mass is 340 g/mol. The number of morpholine rings is 1. The highest BCUT2D eigenvalue weighted by Gasteiger charge is 2.35. The minimum Gasteiger partial charge on any atom is -0.489 e. The molecule has 1 aromatic rings. The summed E-state index contributed by atoms with van der Waals surface area (Å²) < 4.78 is 12.6. The summed E-state index contributed by atoms with van der Waals surface area (Å²) >= 11 is 3.65. The van der Waals surface area contributed by atoms with E-state index in [1.165, 1.54) is 5.56 Å². The van der Waals surface area contributed by atoms with Gasteiger partial charge < -0.3 is 14.4 Å². The Hall–Kier alpha value is -0.810. The molecule has 1 aromatic heterocycles. The second kappa shape index (κ2) is 5.19. The molecule has 0 aromatic carbocycles. The van der Waals surface area contributed by atoms with E-state index in [0.717, 1.165) is 48.8 Å². The van der Waals surface area contributed by atoms with E-state index >= 15 is 0 Å². The standard InChI is InChI=1S/C15H21BrN2O2/c1-10-9-19-7-5-18(10)14-13-12(11(16)8-17-14)15(2,3)4-6-20-13/h8,10H,4-7,9H2,1-3H3/t10-/m0/s1. The maximum atomic E-state index is 6.00. The fourth-order valence-corrected chi connectivity index (χ4v) is 3.83. The number of pyridine rings is 1. The van der Waals surface area contributed by atoms with Crippen molar-refractivity contribution in [3.05, 3.63) is 16.2 Å². The summed E-state index contributed by atoms with van der Waals surface area (Å²) in [6, 6.07) is 0.329. The predicted molar refractivity (Wildman–Crippen MR) is 82.7 cm³/mol. The van der Waals surface area contributed by atoms with Crippen molar-refractivity contribution in [2.45, 2.75) is 38.6 Å². The maximum Gasteiger partial charge on any atom is 0.172 e. The topological polar surface area (TPSA) is 34.6 Å². The van der Waals surface area contributed by atoms with Gasteiger partial charge >= 0.3 is 0 Å². The van der Waals surface area contributed by atoms with Gasteiger partial charge in [0.15, 0.2) is 11.6 Å². The molecule has 5 heteroatoms. The Morgan fingerprint density at radius 3 is 2.95 bits per heavy atom. The fraction of sp³-hybridized carbons (Fsp3) is 0.667. The first-order valence-electron chi connectivity index (χ1n) is 7.17. The van der Waals surface area contributed by atoms with Crippen LogP contribution in [0.3, 0.4) is 0 Å². The van der Waals surface area contributed by atoms with Crippen LogP contribution in [0.5, 0.6) is 5.75 Å². The molecule has 0 bridgehead atoms. The van der Waals surface area contributed by atoms with Crippen LogP contribution in [0.4, 0.5) is 5.82 Å². The van der Waals surface area contributed by atoms with Crippen LogP contribution in [0.25, 0.3) is 0 Å². The normalized spacial score (nSPS) is 25.0. The van der Waals surface area contributed by atoms with Gasteiger partial charge in [0.05, 0.1) is 25.9 Å². The lowest BCUT2D eigenvalue weighted by molar-refractivity contribution is 0.0978. The molecule has 1 atom stereocenters. The van der Waals surface area contributed by atoms with Crippen LogP contribution < -0.4 is 9.64 Å². The number of ether oxygens (including phenoxy) is 2. The van der Waals surface area contributed by atoms with Gasteiger partial charge in [-0.3, -0.25) is 0 Å². The predicted octanol–water partition coefficient (Wildman–Crippen LogP) is 3.13. The summed E-state index contributed by atoms with van der Waals surface area (Å²) in [5.41, 5.74) is 1.35. The maximum absolute atomic E-state index is 6.00. The van der Waals surface area contributed by atoms with Crippen molar-refractivity contribution in [2.24, 2.45) is 0 Å². The van der Waals surface area contributed by atoms with Crippen LogP contribution in [0.2, 0.25) is 0 Å². The number of hydrogen-bond donors (Lipinski definition) is 0. The lowest BCUT2D eigenvalue weighted by Crippen LogP contribution is -2.44. The molecule has 1 fully saturated rings. The van der Waals surface area contributed by atoms with Crippen LogP contribution in [0.1, 0.15) is 32.8 Å². The molecule has 2 aliphatic heterocycles. The van der Waals surface area contributed by atoms with Crippen molar-refractivity contribution in [3.63, 3.8) is 0 Å². The lowest BCUT2D eigenvalue weighted by Gasteiger charge is -2.39. The van der Waals surface area contributed by atoms with Crippen molar-refractivity contribution in [3.8, 4) is 5.75 Å². The molecule has 2 aliphatic rings. The van der Waals surface area contributed by atoms with E-state index in [1.807, 2.05) is 6.20 Å². The smallest absolute Gasteiger partial charge is 0.172 e. The number of rotatable bonds is 1. The minimum absolute atomic E-state index is 0.111. The Balaban J connectivity index is 2.09. The van der Waals surface area contributed by atoms with Gasteiger partial charge in [0.2, 0.25) is 0 Å². The molecule has 1 saturated heterocycles. The van der Waals surface area contributed by atoms with Gasteiger partial charge in [0.25, 0.3) is 0 Å². The molecule has 20 heavy (non-hydrogen) atoms. The van der Waals surface area contributed by atoms with Crippen LogP contribution in [0.15, 0.2) is 10.7 Å². The van der Waals surface area contributed by atoms with Gasteiger partial charge in [-0.15, -0.1) is 0 Å². The zero-order valence-corrected chi connectivity index (χ0v) is 13.9. The summed E-state index contributed by atoms with van der Waals surface area (Å²) in [6.07, 6.45) is 2.94. The van der Waals surface area contributed by atoms with Crippen molar-refractivity contribution >= 4 is 21.7 Å². The zero-order chi connectivity index (χ0) is 14.3. The Labute approximate surface area is 128 Å². The average Bonchev–Trinajstić information content (AvgIpc) is 2.39.